The number of nitrogens with zero attached hydrogens (tertiary/aromatic N) is 3. The van der Waals surface area contributed by atoms with Gasteiger partial charge in [-0.05, 0) is 56.2 Å². The molecule has 1 aliphatic rings. The molecule has 3 aromatic rings. The van der Waals surface area contributed by atoms with E-state index in [0.717, 1.165) is 18.5 Å². The first-order chi connectivity index (χ1) is 13.5. The van der Waals surface area contributed by atoms with Gasteiger partial charge in [0.25, 0.3) is 0 Å². The lowest BCUT2D eigenvalue weighted by Gasteiger charge is -2.05. The monoisotopic (exact) mass is 376 g/mol. The number of aromatic nitrogens is 3. The van der Waals surface area contributed by atoms with Gasteiger partial charge in [-0.2, -0.15) is 5.10 Å². The second-order valence-electron chi connectivity index (χ2n) is 6.93. The second-order valence-corrected chi connectivity index (χ2v) is 6.93. The SMILES string of the molecule is CC(=O)c1ccc(NC(=O)Cn2nc(C3CC3)n(-c3ccccc3)c2=O)cc1. The highest BCUT2D eigenvalue weighted by Gasteiger charge is 2.31. The lowest BCUT2D eigenvalue weighted by Crippen LogP contribution is -2.29. The second kappa shape index (κ2) is 7.26. The van der Waals surface area contributed by atoms with Gasteiger partial charge < -0.3 is 5.32 Å². The maximum atomic E-state index is 12.9. The van der Waals surface area contributed by atoms with Crippen molar-refractivity contribution in [2.75, 3.05) is 5.32 Å². The third-order valence-corrected chi connectivity index (χ3v) is 4.69. The molecule has 0 atom stereocenters. The number of nitrogens with one attached hydrogen (secondary N) is 1. The number of hydrogen-bond acceptors (Lipinski definition) is 4. The fourth-order valence-corrected chi connectivity index (χ4v) is 3.08. The Bertz CT molecular complexity index is 1080. The summed E-state index contributed by atoms with van der Waals surface area (Å²) in [5, 5.41) is 7.17. The van der Waals surface area contributed by atoms with Gasteiger partial charge in [0.15, 0.2) is 5.78 Å². The zero-order chi connectivity index (χ0) is 19.7. The van der Waals surface area contributed by atoms with Crippen molar-refractivity contribution in [3.8, 4) is 5.69 Å². The first kappa shape index (κ1) is 17.9. The summed E-state index contributed by atoms with van der Waals surface area (Å²) in [6.45, 7) is 1.31. The molecule has 1 aromatic heterocycles. The van der Waals surface area contributed by atoms with Crippen LogP contribution in [0.1, 0.15) is 41.9 Å². The Balaban J connectivity index is 1.55. The molecule has 1 fully saturated rings. The highest BCUT2D eigenvalue weighted by Crippen LogP contribution is 2.39. The third-order valence-electron chi connectivity index (χ3n) is 4.69. The zero-order valence-electron chi connectivity index (χ0n) is 15.5. The van der Waals surface area contributed by atoms with Gasteiger partial charge in [0, 0.05) is 17.2 Å². The summed E-state index contributed by atoms with van der Waals surface area (Å²) in [7, 11) is 0. The van der Waals surface area contributed by atoms with Gasteiger partial charge >= 0.3 is 5.69 Å². The van der Waals surface area contributed by atoms with E-state index in [9.17, 15) is 14.4 Å². The van der Waals surface area contributed by atoms with Crippen molar-refractivity contribution in [2.24, 2.45) is 0 Å². The molecule has 0 saturated heterocycles. The van der Waals surface area contributed by atoms with E-state index in [1.54, 1.807) is 28.8 Å². The van der Waals surface area contributed by atoms with E-state index in [2.05, 4.69) is 10.4 Å². The molecule has 0 bridgehead atoms. The summed E-state index contributed by atoms with van der Waals surface area (Å²) in [6.07, 6.45) is 2.00. The number of hydrogen-bond donors (Lipinski definition) is 1. The van der Waals surface area contributed by atoms with Crippen LogP contribution in [0.25, 0.3) is 5.69 Å². The van der Waals surface area contributed by atoms with Crippen LogP contribution in [-0.4, -0.2) is 26.0 Å². The van der Waals surface area contributed by atoms with E-state index < -0.39 is 0 Å². The lowest BCUT2D eigenvalue weighted by molar-refractivity contribution is -0.117. The van der Waals surface area contributed by atoms with E-state index in [4.69, 9.17) is 0 Å². The number of Topliss-reactive ketones (excluding diaryl/α,β-unsaturated/α-hetero) is 1. The standard InChI is InChI=1S/C21H20N4O3/c1-14(26)15-9-11-17(12-10-15)22-19(27)13-24-21(28)25(18-5-3-2-4-6-18)20(23-24)16-7-8-16/h2-6,9-12,16H,7-8,13H2,1H3,(H,22,27). The van der Waals surface area contributed by atoms with Gasteiger partial charge in [0.1, 0.15) is 12.4 Å². The Hall–Kier alpha value is -3.48. The van der Waals surface area contributed by atoms with Crippen molar-refractivity contribution in [1.82, 2.24) is 14.3 Å². The molecule has 0 aliphatic heterocycles. The van der Waals surface area contributed by atoms with Gasteiger partial charge in [-0.15, -0.1) is 0 Å². The predicted octanol–water partition coefficient (Wildman–Crippen LogP) is 2.75. The van der Waals surface area contributed by atoms with E-state index in [-0.39, 0.29) is 29.8 Å². The quantitative estimate of drug-likeness (QED) is 0.670. The maximum absolute atomic E-state index is 12.9. The lowest BCUT2D eigenvalue weighted by atomic mass is 10.1. The number of rotatable bonds is 6. The summed E-state index contributed by atoms with van der Waals surface area (Å²) in [5.41, 5.74) is 1.56. The van der Waals surface area contributed by atoms with Gasteiger partial charge in [-0.25, -0.2) is 14.0 Å². The average Bonchev–Trinajstić information content (AvgIpc) is 3.48. The molecule has 1 aliphatic carbocycles. The van der Waals surface area contributed by atoms with Crippen molar-refractivity contribution >= 4 is 17.4 Å². The average molecular weight is 376 g/mol. The highest BCUT2D eigenvalue weighted by molar-refractivity contribution is 5.95. The number of carbonyl (C=O) groups excluding carboxylic acids is 2. The van der Waals surface area contributed by atoms with Crippen LogP contribution in [0.2, 0.25) is 0 Å². The smallest absolute Gasteiger partial charge is 0.324 e. The molecule has 28 heavy (non-hydrogen) atoms. The number of ketones is 1. The van der Waals surface area contributed by atoms with Gasteiger partial charge in [-0.1, -0.05) is 18.2 Å². The third kappa shape index (κ3) is 3.64. The van der Waals surface area contributed by atoms with Crippen LogP contribution in [0, 0.1) is 0 Å². The Morgan fingerprint density at radius 3 is 2.36 bits per heavy atom. The van der Waals surface area contributed by atoms with Crippen LogP contribution in [0.5, 0.6) is 0 Å². The Labute approximate surface area is 161 Å². The fourth-order valence-electron chi connectivity index (χ4n) is 3.08. The van der Waals surface area contributed by atoms with Gasteiger partial charge in [-0.3, -0.25) is 9.59 Å². The van der Waals surface area contributed by atoms with Gasteiger partial charge in [0.05, 0.1) is 5.69 Å². The molecule has 1 N–H and O–H groups in total. The summed E-state index contributed by atoms with van der Waals surface area (Å²) in [5.74, 6) is 0.576. The molecule has 1 saturated carbocycles. The van der Waals surface area contributed by atoms with Crippen LogP contribution >= 0.6 is 0 Å². The first-order valence-corrected chi connectivity index (χ1v) is 9.19. The van der Waals surface area contributed by atoms with Crippen molar-refractivity contribution in [3.63, 3.8) is 0 Å². The molecule has 2 aromatic carbocycles. The Morgan fingerprint density at radius 1 is 1.07 bits per heavy atom. The van der Waals surface area contributed by atoms with Crippen LogP contribution in [0.3, 0.4) is 0 Å². The summed E-state index contributed by atoms with van der Waals surface area (Å²) >= 11 is 0. The van der Waals surface area contributed by atoms with E-state index in [0.29, 0.717) is 17.1 Å². The minimum atomic E-state index is -0.349. The molecular weight excluding hydrogens is 356 g/mol. The normalized spacial score (nSPS) is 13.3. The fraction of sp³-hybridized carbons (Fsp3) is 0.238. The van der Waals surface area contributed by atoms with E-state index >= 15 is 0 Å². The van der Waals surface area contributed by atoms with Crippen LogP contribution in [0.4, 0.5) is 5.69 Å². The predicted molar refractivity (Wildman–Crippen MR) is 105 cm³/mol. The maximum Gasteiger partial charge on any atom is 0.351 e. The molecule has 0 spiro atoms. The molecule has 0 unspecified atom stereocenters. The Kier molecular flexibility index (Phi) is 4.65. The number of para-hydroxylation sites is 1. The van der Waals surface area contributed by atoms with Crippen molar-refractivity contribution in [2.45, 2.75) is 32.2 Å². The number of carbonyl (C=O) groups is 2. The summed E-state index contributed by atoms with van der Waals surface area (Å²) in [6, 6.07) is 16.0. The van der Waals surface area contributed by atoms with Crippen molar-refractivity contribution in [1.29, 1.82) is 0 Å². The summed E-state index contributed by atoms with van der Waals surface area (Å²) in [4.78, 5) is 36.6. The molecule has 1 heterocycles. The molecule has 4 rings (SSSR count). The minimum absolute atomic E-state index is 0.0384. The molecule has 7 heteroatoms. The Morgan fingerprint density at radius 2 is 1.75 bits per heavy atom. The van der Waals surface area contributed by atoms with E-state index in [1.165, 1.54) is 11.6 Å². The number of benzene rings is 2. The van der Waals surface area contributed by atoms with Crippen LogP contribution in [-0.2, 0) is 11.3 Å². The number of anilines is 1. The van der Waals surface area contributed by atoms with Gasteiger partial charge in [0.2, 0.25) is 5.91 Å². The number of amides is 1. The van der Waals surface area contributed by atoms with Crippen molar-refractivity contribution < 1.29 is 9.59 Å². The molecule has 0 radical (unpaired) electrons. The molecule has 142 valence electrons. The zero-order valence-corrected chi connectivity index (χ0v) is 15.5. The summed E-state index contributed by atoms with van der Waals surface area (Å²) < 4.78 is 2.80. The van der Waals surface area contributed by atoms with E-state index in [1.807, 2.05) is 30.3 Å². The van der Waals surface area contributed by atoms with Crippen molar-refractivity contribution in [3.05, 3.63) is 76.5 Å². The highest BCUT2D eigenvalue weighted by atomic mass is 16.2. The molecule has 7 nitrogen and oxygen atoms in total. The minimum Gasteiger partial charge on any atom is -0.324 e. The first-order valence-electron chi connectivity index (χ1n) is 9.19. The van der Waals surface area contributed by atoms with Crippen LogP contribution in [0.15, 0.2) is 59.4 Å². The van der Waals surface area contributed by atoms with Crippen LogP contribution < -0.4 is 11.0 Å². The molecular formula is C21H20N4O3. The topological polar surface area (TPSA) is 86.0 Å². The molecule has 1 amide bonds. The largest absolute Gasteiger partial charge is 0.351 e.